The molecule has 3 atom stereocenters. The van der Waals surface area contributed by atoms with Crippen molar-refractivity contribution >= 4 is 29.2 Å². The first-order chi connectivity index (χ1) is 23.8. The third-order valence-electron chi connectivity index (χ3n) is 9.93. The second-order valence-corrected chi connectivity index (χ2v) is 13.2. The van der Waals surface area contributed by atoms with Gasteiger partial charge in [0.15, 0.2) is 6.29 Å². The SMILES string of the molecule is O=C(O)CCCCCC(=O)Nc1ccc([C@@H]2O[C@H](CN3CCC4(CC3)C(=O)NCN4c3ccccc3)C[C@H](c3ccc(CO)cc3)O2)cc1. The molecule has 2 amide bonds. The van der Waals surface area contributed by atoms with Crippen LogP contribution in [0.4, 0.5) is 11.4 Å². The van der Waals surface area contributed by atoms with E-state index in [1.54, 1.807) is 0 Å². The average Bonchev–Trinajstić information content (AvgIpc) is 3.44. The van der Waals surface area contributed by atoms with Gasteiger partial charge in [0, 0.05) is 55.8 Å². The van der Waals surface area contributed by atoms with Crippen molar-refractivity contribution < 1.29 is 34.1 Å². The summed E-state index contributed by atoms with van der Waals surface area (Å²) in [7, 11) is 0. The summed E-state index contributed by atoms with van der Waals surface area (Å²) in [5, 5.41) is 24.3. The van der Waals surface area contributed by atoms with Crippen molar-refractivity contribution in [3.8, 4) is 0 Å². The molecule has 3 aliphatic rings. The lowest BCUT2D eigenvalue weighted by atomic mass is 9.85. The van der Waals surface area contributed by atoms with Crippen LogP contribution in [0, 0.1) is 0 Å². The quantitative estimate of drug-likeness (QED) is 0.182. The first-order valence-electron chi connectivity index (χ1n) is 17.3. The van der Waals surface area contributed by atoms with Crippen molar-refractivity contribution in [1.82, 2.24) is 10.2 Å². The van der Waals surface area contributed by atoms with Crippen LogP contribution in [0.25, 0.3) is 0 Å². The number of nitrogens with one attached hydrogen (secondary N) is 2. The summed E-state index contributed by atoms with van der Waals surface area (Å²) in [5.41, 5.74) is 3.87. The third-order valence-corrected chi connectivity index (χ3v) is 9.93. The summed E-state index contributed by atoms with van der Waals surface area (Å²) in [6, 6.07) is 25.4. The maximum absolute atomic E-state index is 13.2. The van der Waals surface area contributed by atoms with Crippen molar-refractivity contribution in [3.05, 3.63) is 95.6 Å². The number of likely N-dealkylation sites (tertiary alicyclic amines) is 1. The smallest absolute Gasteiger partial charge is 0.303 e. The maximum atomic E-state index is 13.2. The zero-order valence-electron chi connectivity index (χ0n) is 27.8. The number of nitrogens with zero attached hydrogens (tertiary/aromatic N) is 2. The Balaban J connectivity index is 1.10. The standard InChI is InChI=1S/C38H46N4O7/c43-25-27-11-13-28(14-12-27)33-23-32(24-41-21-19-38(20-22-41)37(47)39-26-42(38)31-7-3-1-4-8-31)48-36(49-33)29-15-17-30(18-16-29)40-34(44)9-5-2-6-10-35(45)46/h1,3-4,7-8,11-18,32-33,36,43H,2,5-6,9-10,19-26H2,(H,39,47)(H,40,44)(H,45,46)/t32-,33+,36+/m0/s1. The predicted octanol–water partition coefficient (Wildman–Crippen LogP) is 5.13. The molecule has 3 saturated heterocycles. The second kappa shape index (κ2) is 15.9. The van der Waals surface area contributed by atoms with E-state index in [4.69, 9.17) is 14.6 Å². The van der Waals surface area contributed by atoms with Crippen LogP contribution in [-0.4, -0.2) is 70.8 Å². The van der Waals surface area contributed by atoms with Gasteiger partial charge in [-0.2, -0.15) is 0 Å². The highest BCUT2D eigenvalue weighted by molar-refractivity contribution is 5.93. The Morgan fingerprint density at radius 3 is 2.27 bits per heavy atom. The minimum absolute atomic E-state index is 0.0239. The fourth-order valence-corrected chi connectivity index (χ4v) is 7.14. The molecule has 3 fully saturated rings. The molecule has 0 bridgehead atoms. The van der Waals surface area contributed by atoms with E-state index in [1.807, 2.05) is 66.7 Å². The Morgan fingerprint density at radius 2 is 1.57 bits per heavy atom. The number of hydrogen-bond donors (Lipinski definition) is 4. The number of carboxylic acid groups (broad SMARTS) is 1. The van der Waals surface area contributed by atoms with Gasteiger partial charge in [0.1, 0.15) is 5.54 Å². The monoisotopic (exact) mass is 670 g/mol. The molecule has 3 aromatic rings. The Kier molecular flexibility index (Phi) is 11.3. The number of benzene rings is 3. The van der Waals surface area contributed by atoms with E-state index in [0.717, 1.165) is 48.3 Å². The van der Waals surface area contributed by atoms with Crippen LogP contribution in [0.1, 0.15) is 80.5 Å². The summed E-state index contributed by atoms with van der Waals surface area (Å²) in [6.07, 6.45) is 3.49. The van der Waals surface area contributed by atoms with E-state index >= 15 is 0 Å². The zero-order valence-corrected chi connectivity index (χ0v) is 27.8. The molecule has 3 heterocycles. The van der Waals surface area contributed by atoms with E-state index in [-0.39, 0.29) is 37.0 Å². The van der Waals surface area contributed by atoms with E-state index in [2.05, 4.69) is 32.6 Å². The number of aliphatic hydroxyl groups excluding tert-OH is 1. The lowest BCUT2D eigenvalue weighted by Crippen LogP contribution is -2.57. The van der Waals surface area contributed by atoms with Crippen LogP contribution >= 0.6 is 0 Å². The molecule has 260 valence electrons. The van der Waals surface area contributed by atoms with E-state index in [1.165, 1.54) is 0 Å². The van der Waals surface area contributed by atoms with Gasteiger partial charge < -0.3 is 40.1 Å². The van der Waals surface area contributed by atoms with E-state index in [9.17, 15) is 19.5 Å². The van der Waals surface area contributed by atoms with E-state index in [0.29, 0.717) is 51.0 Å². The van der Waals surface area contributed by atoms with Gasteiger partial charge in [-0.15, -0.1) is 0 Å². The number of carbonyl (C=O) groups excluding carboxylic acids is 2. The zero-order chi connectivity index (χ0) is 34.2. The lowest BCUT2D eigenvalue weighted by Gasteiger charge is -2.45. The minimum Gasteiger partial charge on any atom is -0.481 e. The Labute approximate surface area is 287 Å². The van der Waals surface area contributed by atoms with Crippen LogP contribution in [-0.2, 0) is 30.5 Å². The molecule has 0 unspecified atom stereocenters. The molecular formula is C38H46N4O7. The summed E-state index contributed by atoms with van der Waals surface area (Å²) in [6.45, 7) is 2.73. The minimum atomic E-state index is -0.817. The third kappa shape index (κ3) is 8.48. The van der Waals surface area contributed by atoms with Crippen molar-refractivity contribution in [2.45, 2.75) is 82.0 Å². The van der Waals surface area contributed by atoms with Crippen molar-refractivity contribution in [3.63, 3.8) is 0 Å². The molecule has 0 saturated carbocycles. The van der Waals surface area contributed by atoms with Crippen LogP contribution in [0.3, 0.4) is 0 Å². The molecule has 6 rings (SSSR count). The predicted molar refractivity (Wildman–Crippen MR) is 185 cm³/mol. The Morgan fingerprint density at radius 1 is 0.878 bits per heavy atom. The fraction of sp³-hybridized carbons (Fsp3) is 0.447. The van der Waals surface area contributed by atoms with Gasteiger partial charge in [0.2, 0.25) is 11.8 Å². The number of para-hydroxylation sites is 1. The van der Waals surface area contributed by atoms with Crippen molar-refractivity contribution in [1.29, 1.82) is 0 Å². The number of rotatable bonds is 13. The first-order valence-corrected chi connectivity index (χ1v) is 17.3. The number of anilines is 2. The number of piperidine rings is 1. The molecule has 11 heteroatoms. The molecule has 0 radical (unpaired) electrons. The Bertz CT molecular complexity index is 1560. The number of hydrogen-bond acceptors (Lipinski definition) is 8. The number of aliphatic hydroxyl groups is 1. The molecule has 0 aromatic heterocycles. The molecule has 11 nitrogen and oxygen atoms in total. The van der Waals surface area contributed by atoms with Crippen molar-refractivity contribution in [2.75, 3.05) is 36.5 Å². The molecule has 0 aliphatic carbocycles. The van der Waals surface area contributed by atoms with Gasteiger partial charge >= 0.3 is 5.97 Å². The summed E-state index contributed by atoms with van der Waals surface area (Å²) in [5.74, 6) is -0.826. The molecule has 49 heavy (non-hydrogen) atoms. The average molecular weight is 671 g/mol. The summed E-state index contributed by atoms with van der Waals surface area (Å²) < 4.78 is 13.1. The molecule has 1 spiro atoms. The number of unbranched alkanes of at least 4 members (excludes halogenated alkanes) is 2. The number of aliphatic carboxylic acids is 1. The summed E-state index contributed by atoms with van der Waals surface area (Å²) in [4.78, 5) is 40.9. The highest BCUT2D eigenvalue weighted by Gasteiger charge is 2.50. The second-order valence-electron chi connectivity index (χ2n) is 13.2. The molecule has 3 aromatic carbocycles. The van der Waals surface area contributed by atoms with Crippen LogP contribution in [0.5, 0.6) is 0 Å². The summed E-state index contributed by atoms with van der Waals surface area (Å²) >= 11 is 0. The highest BCUT2D eigenvalue weighted by atomic mass is 16.7. The number of carboxylic acids is 1. The first kappa shape index (κ1) is 34.6. The normalized spacial score (nSPS) is 22.2. The molecular weight excluding hydrogens is 624 g/mol. The van der Waals surface area contributed by atoms with Gasteiger partial charge in [-0.05, 0) is 61.1 Å². The molecule has 4 N–H and O–H groups in total. The topological polar surface area (TPSA) is 141 Å². The fourth-order valence-electron chi connectivity index (χ4n) is 7.14. The largest absolute Gasteiger partial charge is 0.481 e. The number of amides is 2. The van der Waals surface area contributed by atoms with Gasteiger partial charge in [-0.3, -0.25) is 14.4 Å². The van der Waals surface area contributed by atoms with Gasteiger partial charge in [0.05, 0.1) is 25.5 Å². The number of ether oxygens (including phenoxy) is 2. The molecule has 3 aliphatic heterocycles. The highest BCUT2D eigenvalue weighted by Crippen LogP contribution is 2.40. The van der Waals surface area contributed by atoms with Gasteiger partial charge in [-0.25, -0.2) is 0 Å². The number of carbonyl (C=O) groups is 3. The maximum Gasteiger partial charge on any atom is 0.303 e. The van der Waals surface area contributed by atoms with Crippen LogP contribution in [0.2, 0.25) is 0 Å². The van der Waals surface area contributed by atoms with Crippen molar-refractivity contribution in [2.24, 2.45) is 0 Å². The van der Waals surface area contributed by atoms with Gasteiger partial charge in [-0.1, -0.05) is 61.0 Å². The lowest BCUT2D eigenvalue weighted by molar-refractivity contribution is -0.253. The van der Waals surface area contributed by atoms with Crippen LogP contribution < -0.4 is 15.5 Å². The van der Waals surface area contributed by atoms with E-state index < -0.39 is 17.8 Å². The Hall–Kier alpha value is -4.29. The van der Waals surface area contributed by atoms with Crippen LogP contribution in [0.15, 0.2) is 78.9 Å². The van der Waals surface area contributed by atoms with Gasteiger partial charge in [0.25, 0.3) is 0 Å².